The zero-order valence-corrected chi connectivity index (χ0v) is 17.1. The zero-order valence-electron chi connectivity index (χ0n) is 17.1. The molecule has 0 saturated carbocycles. The first kappa shape index (κ1) is 20.3. The van der Waals surface area contributed by atoms with E-state index in [0.29, 0.717) is 30.4 Å². The zero-order chi connectivity index (χ0) is 19.9. The van der Waals surface area contributed by atoms with E-state index in [0.717, 1.165) is 18.5 Å². The van der Waals surface area contributed by atoms with Gasteiger partial charge in [0.2, 0.25) is 11.8 Å². The van der Waals surface area contributed by atoms with Crippen LogP contribution in [0.3, 0.4) is 0 Å². The predicted molar refractivity (Wildman–Crippen MR) is 109 cm³/mol. The molecule has 2 amide bonds. The molecule has 0 unspecified atom stereocenters. The highest BCUT2D eigenvalue weighted by Crippen LogP contribution is 2.21. The van der Waals surface area contributed by atoms with E-state index in [1.807, 2.05) is 30.3 Å². The van der Waals surface area contributed by atoms with Crippen molar-refractivity contribution in [3.05, 3.63) is 36.2 Å². The molecule has 28 heavy (non-hydrogen) atoms. The summed E-state index contributed by atoms with van der Waals surface area (Å²) in [6.07, 6.45) is 4.76. The van der Waals surface area contributed by atoms with E-state index >= 15 is 0 Å². The molecule has 1 atom stereocenters. The molecule has 1 N–H and O–H groups in total. The fourth-order valence-electron chi connectivity index (χ4n) is 3.78. The van der Waals surface area contributed by atoms with Gasteiger partial charge in [-0.15, -0.1) is 10.2 Å². The first-order valence-corrected chi connectivity index (χ1v) is 10.2. The Hall–Kier alpha value is -2.41. The van der Waals surface area contributed by atoms with Crippen LogP contribution in [0.1, 0.15) is 45.4 Å². The Morgan fingerprint density at radius 3 is 2.82 bits per heavy atom. The van der Waals surface area contributed by atoms with Crippen molar-refractivity contribution in [2.75, 3.05) is 20.1 Å². The fourth-order valence-corrected chi connectivity index (χ4v) is 3.78. The van der Waals surface area contributed by atoms with E-state index in [2.05, 4.69) is 34.3 Å². The molecular weight excluding hydrogens is 354 g/mol. The molecule has 0 aliphatic carbocycles. The molecule has 1 aromatic carbocycles. The van der Waals surface area contributed by atoms with Gasteiger partial charge in [-0.1, -0.05) is 24.6 Å². The average molecular weight is 386 g/mol. The van der Waals surface area contributed by atoms with Gasteiger partial charge >= 0.3 is 6.03 Å². The number of hydrogen-bond donors (Lipinski definition) is 1. The molecular formula is C21H31N5O2. The van der Waals surface area contributed by atoms with Crippen LogP contribution in [0.2, 0.25) is 0 Å². The Bertz CT molecular complexity index is 746. The molecule has 0 radical (unpaired) electrons. The molecule has 1 aromatic heterocycles. The number of nitrogens with one attached hydrogen (secondary N) is 1. The number of hydrogen-bond acceptors (Lipinski definition) is 5. The predicted octanol–water partition coefficient (Wildman–Crippen LogP) is 3.53. The summed E-state index contributed by atoms with van der Waals surface area (Å²) >= 11 is 0. The van der Waals surface area contributed by atoms with Crippen LogP contribution < -0.4 is 5.32 Å². The molecule has 1 aliphatic heterocycles. The Balaban J connectivity index is 1.45. The number of urea groups is 1. The van der Waals surface area contributed by atoms with Crippen LogP contribution in [0.4, 0.5) is 4.79 Å². The van der Waals surface area contributed by atoms with Gasteiger partial charge in [0.05, 0.1) is 0 Å². The summed E-state index contributed by atoms with van der Waals surface area (Å²) in [6.45, 7) is 6.62. The van der Waals surface area contributed by atoms with Gasteiger partial charge in [-0.25, -0.2) is 4.79 Å². The van der Waals surface area contributed by atoms with Crippen LogP contribution in [0.5, 0.6) is 0 Å². The summed E-state index contributed by atoms with van der Waals surface area (Å²) in [4.78, 5) is 16.5. The lowest BCUT2D eigenvalue weighted by Crippen LogP contribution is -2.46. The van der Waals surface area contributed by atoms with Crippen LogP contribution in [0.25, 0.3) is 11.5 Å². The van der Waals surface area contributed by atoms with Gasteiger partial charge in [0.15, 0.2) is 0 Å². The third-order valence-electron chi connectivity index (χ3n) is 5.30. The fraction of sp³-hybridized carbons (Fsp3) is 0.571. The second-order valence-corrected chi connectivity index (χ2v) is 7.72. The SMILES string of the molecule is CC(C)N1CCCC[C@H]1CCNC(=O)N(C)Cc1nnc(-c2ccccc2)o1. The summed E-state index contributed by atoms with van der Waals surface area (Å²) in [7, 11) is 1.74. The van der Waals surface area contributed by atoms with Crippen molar-refractivity contribution in [3.63, 3.8) is 0 Å². The number of amides is 2. The lowest BCUT2D eigenvalue weighted by atomic mass is 9.98. The lowest BCUT2D eigenvalue weighted by molar-refractivity contribution is 0.105. The highest BCUT2D eigenvalue weighted by Gasteiger charge is 2.24. The standard InChI is InChI=1S/C21H31N5O2/c1-16(2)26-14-8-7-11-18(26)12-13-22-21(27)25(3)15-19-23-24-20(28-19)17-9-5-4-6-10-17/h4-6,9-10,16,18H,7-8,11-15H2,1-3H3,(H,22,27)/t18-/m0/s1. The van der Waals surface area contributed by atoms with Crippen molar-refractivity contribution in [2.45, 2.75) is 58.2 Å². The average Bonchev–Trinajstić information content (AvgIpc) is 3.17. The molecule has 3 rings (SSSR count). The summed E-state index contributed by atoms with van der Waals surface area (Å²) in [6, 6.07) is 10.6. The first-order valence-electron chi connectivity index (χ1n) is 10.2. The third-order valence-corrected chi connectivity index (χ3v) is 5.30. The summed E-state index contributed by atoms with van der Waals surface area (Å²) in [5.74, 6) is 0.894. The Morgan fingerprint density at radius 1 is 1.29 bits per heavy atom. The van der Waals surface area contributed by atoms with Gasteiger partial charge in [0.25, 0.3) is 0 Å². The number of piperidine rings is 1. The molecule has 0 spiro atoms. The van der Waals surface area contributed by atoms with Crippen LogP contribution in [0, 0.1) is 0 Å². The molecule has 0 bridgehead atoms. The number of aromatic nitrogens is 2. The van der Waals surface area contributed by atoms with E-state index in [4.69, 9.17) is 4.42 Å². The quantitative estimate of drug-likeness (QED) is 0.789. The Labute approximate surface area is 167 Å². The van der Waals surface area contributed by atoms with Crippen molar-refractivity contribution in [3.8, 4) is 11.5 Å². The third kappa shape index (κ3) is 5.32. The number of likely N-dealkylation sites (tertiary alicyclic amines) is 1. The molecule has 1 fully saturated rings. The Kier molecular flexibility index (Phi) is 7.03. The normalized spacial score (nSPS) is 17.6. The molecule has 2 heterocycles. The van der Waals surface area contributed by atoms with Crippen molar-refractivity contribution >= 4 is 6.03 Å². The Morgan fingerprint density at radius 2 is 2.07 bits per heavy atom. The minimum atomic E-state index is -0.119. The maximum atomic E-state index is 12.4. The van der Waals surface area contributed by atoms with Crippen molar-refractivity contribution in [1.29, 1.82) is 0 Å². The molecule has 1 aliphatic rings. The number of rotatable bonds is 7. The first-order chi connectivity index (χ1) is 13.5. The topological polar surface area (TPSA) is 74.5 Å². The van der Waals surface area contributed by atoms with Crippen LogP contribution in [-0.4, -0.2) is 58.2 Å². The van der Waals surface area contributed by atoms with Gasteiger partial charge in [-0.2, -0.15) is 0 Å². The van der Waals surface area contributed by atoms with Gasteiger partial charge in [-0.05, 0) is 51.8 Å². The van der Waals surface area contributed by atoms with Crippen LogP contribution >= 0.6 is 0 Å². The molecule has 7 heteroatoms. The van der Waals surface area contributed by atoms with E-state index in [1.54, 1.807) is 11.9 Å². The van der Waals surface area contributed by atoms with Gasteiger partial charge in [0.1, 0.15) is 6.54 Å². The molecule has 1 saturated heterocycles. The molecule has 7 nitrogen and oxygen atoms in total. The minimum Gasteiger partial charge on any atom is -0.419 e. The number of nitrogens with zero attached hydrogens (tertiary/aromatic N) is 4. The molecule has 2 aromatic rings. The number of benzene rings is 1. The second-order valence-electron chi connectivity index (χ2n) is 7.72. The lowest BCUT2D eigenvalue weighted by Gasteiger charge is -2.38. The van der Waals surface area contributed by atoms with E-state index in [1.165, 1.54) is 19.3 Å². The van der Waals surface area contributed by atoms with Crippen molar-refractivity contribution in [1.82, 2.24) is 25.3 Å². The van der Waals surface area contributed by atoms with Gasteiger partial charge in [0, 0.05) is 31.2 Å². The summed E-state index contributed by atoms with van der Waals surface area (Å²) < 4.78 is 5.68. The van der Waals surface area contributed by atoms with E-state index < -0.39 is 0 Å². The number of carbonyl (C=O) groups is 1. The highest BCUT2D eigenvalue weighted by atomic mass is 16.4. The summed E-state index contributed by atoms with van der Waals surface area (Å²) in [5.41, 5.74) is 0.871. The minimum absolute atomic E-state index is 0.119. The van der Waals surface area contributed by atoms with Gasteiger partial charge < -0.3 is 14.6 Å². The highest BCUT2D eigenvalue weighted by molar-refractivity contribution is 5.73. The maximum absolute atomic E-state index is 12.4. The van der Waals surface area contributed by atoms with Crippen molar-refractivity contribution in [2.24, 2.45) is 0 Å². The maximum Gasteiger partial charge on any atom is 0.317 e. The van der Waals surface area contributed by atoms with Crippen LogP contribution in [0.15, 0.2) is 34.7 Å². The van der Waals surface area contributed by atoms with Crippen LogP contribution in [-0.2, 0) is 6.54 Å². The smallest absolute Gasteiger partial charge is 0.317 e. The van der Waals surface area contributed by atoms with E-state index in [9.17, 15) is 4.79 Å². The molecule has 152 valence electrons. The number of carbonyl (C=O) groups excluding carboxylic acids is 1. The monoisotopic (exact) mass is 385 g/mol. The van der Waals surface area contributed by atoms with Gasteiger partial charge in [-0.3, -0.25) is 4.90 Å². The van der Waals surface area contributed by atoms with E-state index in [-0.39, 0.29) is 12.6 Å². The van der Waals surface area contributed by atoms with Crippen molar-refractivity contribution < 1.29 is 9.21 Å². The second kappa shape index (κ2) is 9.68. The summed E-state index contributed by atoms with van der Waals surface area (Å²) in [5, 5.41) is 11.1. The largest absolute Gasteiger partial charge is 0.419 e.